The van der Waals surface area contributed by atoms with Gasteiger partial charge in [0.25, 0.3) is 0 Å². The van der Waals surface area contributed by atoms with Crippen LogP contribution in [-0.2, 0) is 13.1 Å². The summed E-state index contributed by atoms with van der Waals surface area (Å²) in [5, 5.41) is 3.46. The van der Waals surface area contributed by atoms with Crippen LogP contribution < -0.4 is 5.36 Å². The van der Waals surface area contributed by atoms with E-state index >= 15 is 0 Å². The van der Waals surface area contributed by atoms with Crippen molar-refractivity contribution < 1.29 is 0 Å². The molecule has 0 unspecified atom stereocenters. The van der Waals surface area contributed by atoms with E-state index < -0.39 is 0 Å². The van der Waals surface area contributed by atoms with E-state index in [1.165, 1.54) is 32.9 Å². The molecule has 0 saturated carbocycles. The normalized spacial score (nSPS) is 11.0. The summed E-state index contributed by atoms with van der Waals surface area (Å²) >= 11 is 0. The van der Waals surface area contributed by atoms with Crippen molar-refractivity contribution in [3.8, 4) is 0 Å². The lowest BCUT2D eigenvalue weighted by atomic mass is 10.1. The summed E-state index contributed by atoms with van der Waals surface area (Å²) in [6.07, 6.45) is 0. The summed E-state index contributed by atoms with van der Waals surface area (Å²) in [6, 6.07) is 38.3. The fraction of sp³-hybridized carbons (Fsp3) is 0.0741. The van der Waals surface area contributed by atoms with E-state index in [1.54, 1.807) is 0 Å². The molecule has 0 N–H and O–H groups in total. The van der Waals surface area contributed by atoms with Crippen LogP contribution in [0, 0.1) is 0 Å². The van der Waals surface area contributed by atoms with Crippen LogP contribution in [-0.4, -0.2) is 4.57 Å². The fourth-order valence-electron chi connectivity index (χ4n) is 3.95. The number of para-hydroxylation sites is 2. The van der Waals surface area contributed by atoms with Crippen molar-refractivity contribution in [2.45, 2.75) is 13.1 Å². The maximum atomic E-state index is 5.07. The van der Waals surface area contributed by atoms with Gasteiger partial charge < -0.3 is 4.57 Å². The second-order valence-corrected chi connectivity index (χ2v) is 7.26. The molecular formula is C27H22N2. The van der Waals surface area contributed by atoms with E-state index in [0.717, 1.165) is 11.9 Å². The lowest BCUT2D eigenvalue weighted by Crippen LogP contribution is -2.14. The Hall–Kier alpha value is -3.65. The Morgan fingerprint density at radius 3 is 1.59 bits per heavy atom. The third kappa shape index (κ3) is 3.45. The Labute approximate surface area is 170 Å². The number of hydrogen-bond donors (Lipinski definition) is 0. The molecule has 2 nitrogen and oxygen atoms in total. The number of hydrogen-bond acceptors (Lipinski definition) is 1. The minimum atomic E-state index is 0.678. The quantitative estimate of drug-likeness (QED) is 0.346. The number of aromatic nitrogens is 1. The van der Waals surface area contributed by atoms with E-state index in [-0.39, 0.29) is 0 Å². The van der Waals surface area contributed by atoms with Crippen LogP contribution in [0.3, 0.4) is 0 Å². The summed E-state index contributed by atoms with van der Waals surface area (Å²) in [4.78, 5) is 5.07. The highest BCUT2D eigenvalue weighted by molar-refractivity contribution is 5.93. The standard InChI is InChI=1S/C27H22N2/c1-3-11-21(12-4-1)19-28-27-23-15-7-9-17-25(23)29(20-22-13-5-2-6-14-22)26-18-10-8-16-24(26)27/h1-18H,19-20H2. The molecule has 5 rings (SSSR count). The first kappa shape index (κ1) is 17.4. The molecule has 0 bridgehead atoms. The van der Waals surface area contributed by atoms with Crippen LogP contribution in [0.15, 0.2) is 114 Å². The molecule has 2 heteroatoms. The summed E-state index contributed by atoms with van der Waals surface area (Å²) in [5.74, 6) is 0. The molecule has 0 atom stereocenters. The minimum absolute atomic E-state index is 0.678. The van der Waals surface area contributed by atoms with Gasteiger partial charge in [-0.1, -0.05) is 97.1 Å². The molecule has 1 heterocycles. The van der Waals surface area contributed by atoms with Gasteiger partial charge in [0.15, 0.2) is 0 Å². The average Bonchev–Trinajstić information content (AvgIpc) is 2.80. The molecular weight excluding hydrogens is 352 g/mol. The number of pyridine rings is 1. The fourth-order valence-corrected chi connectivity index (χ4v) is 3.95. The van der Waals surface area contributed by atoms with E-state index in [4.69, 9.17) is 4.99 Å². The lowest BCUT2D eigenvalue weighted by molar-refractivity contribution is 0.860. The summed E-state index contributed by atoms with van der Waals surface area (Å²) < 4.78 is 2.40. The third-order valence-corrected chi connectivity index (χ3v) is 5.35. The highest BCUT2D eigenvalue weighted by atomic mass is 15.0. The molecule has 0 radical (unpaired) electrons. The van der Waals surface area contributed by atoms with E-state index in [9.17, 15) is 0 Å². The summed E-state index contributed by atoms with van der Waals surface area (Å²) in [5.41, 5.74) is 4.94. The van der Waals surface area contributed by atoms with Gasteiger partial charge in [-0.2, -0.15) is 0 Å². The first-order chi connectivity index (χ1) is 14.4. The monoisotopic (exact) mass is 374 g/mol. The highest BCUT2D eigenvalue weighted by Crippen LogP contribution is 2.21. The molecule has 0 spiro atoms. The zero-order valence-corrected chi connectivity index (χ0v) is 16.2. The Kier molecular flexibility index (Phi) is 4.67. The van der Waals surface area contributed by atoms with Crippen molar-refractivity contribution in [2.75, 3.05) is 0 Å². The molecule has 0 aliphatic heterocycles. The van der Waals surface area contributed by atoms with Crippen molar-refractivity contribution in [1.29, 1.82) is 0 Å². The van der Waals surface area contributed by atoms with Crippen LogP contribution in [0.25, 0.3) is 21.8 Å². The maximum Gasteiger partial charge on any atom is 0.0764 e. The Morgan fingerprint density at radius 1 is 0.517 bits per heavy atom. The average molecular weight is 374 g/mol. The Bertz CT molecular complexity index is 1270. The van der Waals surface area contributed by atoms with Gasteiger partial charge in [0.1, 0.15) is 0 Å². The van der Waals surface area contributed by atoms with Gasteiger partial charge in [0.05, 0.1) is 22.9 Å². The van der Waals surface area contributed by atoms with Gasteiger partial charge in [0.2, 0.25) is 0 Å². The molecule has 0 amide bonds. The molecule has 0 saturated heterocycles. The van der Waals surface area contributed by atoms with Crippen LogP contribution in [0.2, 0.25) is 0 Å². The molecule has 1 aromatic heterocycles. The van der Waals surface area contributed by atoms with Crippen LogP contribution in [0.4, 0.5) is 0 Å². The van der Waals surface area contributed by atoms with E-state index in [0.29, 0.717) is 6.54 Å². The molecule has 29 heavy (non-hydrogen) atoms. The molecule has 140 valence electrons. The smallest absolute Gasteiger partial charge is 0.0764 e. The third-order valence-electron chi connectivity index (χ3n) is 5.35. The second kappa shape index (κ2) is 7.76. The van der Waals surface area contributed by atoms with Crippen molar-refractivity contribution >= 4 is 21.8 Å². The van der Waals surface area contributed by atoms with Gasteiger partial charge in [-0.25, -0.2) is 0 Å². The molecule has 4 aromatic carbocycles. The van der Waals surface area contributed by atoms with Gasteiger partial charge in [-0.15, -0.1) is 0 Å². The van der Waals surface area contributed by atoms with Gasteiger partial charge >= 0.3 is 0 Å². The highest BCUT2D eigenvalue weighted by Gasteiger charge is 2.09. The van der Waals surface area contributed by atoms with Gasteiger partial charge in [0, 0.05) is 17.3 Å². The predicted octanol–water partition coefficient (Wildman–Crippen LogP) is 5.94. The zero-order valence-electron chi connectivity index (χ0n) is 16.2. The molecule has 0 fully saturated rings. The lowest BCUT2D eigenvalue weighted by Gasteiger charge is -2.16. The van der Waals surface area contributed by atoms with Crippen molar-refractivity contribution in [1.82, 2.24) is 4.57 Å². The first-order valence-corrected chi connectivity index (χ1v) is 9.99. The summed E-state index contributed by atoms with van der Waals surface area (Å²) in [6.45, 7) is 1.51. The number of benzene rings is 4. The largest absolute Gasteiger partial charge is 0.336 e. The van der Waals surface area contributed by atoms with Gasteiger partial charge in [-0.3, -0.25) is 4.99 Å². The van der Waals surface area contributed by atoms with Crippen LogP contribution in [0.1, 0.15) is 11.1 Å². The zero-order chi connectivity index (χ0) is 19.5. The van der Waals surface area contributed by atoms with Crippen LogP contribution in [0.5, 0.6) is 0 Å². The predicted molar refractivity (Wildman–Crippen MR) is 121 cm³/mol. The SMILES string of the molecule is c1ccc(CN=c2c3ccccc3n(Cc3ccccc3)c3ccccc23)cc1. The maximum absolute atomic E-state index is 5.07. The first-order valence-electron chi connectivity index (χ1n) is 9.99. The molecule has 0 aliphatic carbocycles. The molecule has 0 aliphatic rings. The van der Waals surface area contributed by atoms with Crippen molar-refractivity contribution in [3.63, 3.8) is 0 Å². The van der Waals surface area contributed by atoms with Crippen LogP contribution >= 0.6 is 0 Å². The second-order valence-electron chi connectivity index (χ2n) is 7.26. The number of rotatable bonds is 4. The van der Waals surface area contributed by atoms with Gasteiger partial charge in [-0.05, 0) is 23.3 Å². The Balaban J connectivity index is 1.77. The topological polar surface area (TPSA) is 17.3 Å². The summed E-state index contributed by atoms with van der Waals surface area (Å²) in [7, 11) is 0. The number of nitrogens with zero attached hydrogens (tertiary/aromatic N) is 2. The number of fused-ring (bicyclic) bond motifs is 2. The minimum Gasteiger partial charge on any atom is -0.336 e. The Morgan fingerprint density at radius 2 is 1.00 bits per heavy atom. The molecule has 5 aromatic rings. The van der Waals surface area contributed by atoms with E-state index in [2.05, 4.69) is 108 Å². The van der Waals surface area contributed by atoms with Crippen molar-refractivity contribution in [3.05, 3.63) is 126 Å². The van der Waals surface area contributed by atoms with Crippen molar-refractivity contribution in [2.24, 2.45) is 4.99 Å². The van der Waals surface area contributed by atoms with E-state index in [1.807, 2.05) is 6.07 Å².